The van der Waals surface area contributed by atoms with Crippen molar-refractivity contribution in [2.24, 2.45) is 0 Å². The molecule has 0 saturated carbocycles. The lowest BCUT2D eigenvalue weighted by Gasteiger charge is -2.09. The highest BCUT2D eigenvalue weighted by atomic mass is 16.5. The second-order valence-electron chi connectivity index (χ2n) is 6.21. The first-order valence-corrected chi connectivity index (χ1v) is 8.69. The third-order valence-corrected chi connectivity index (χ3v) is 4.35. The maximum Gasteiger partial charge on any atom is 0.228 e. The first kappa shape index (κ1) is 16.8. The third-order valence-electron chi connectivity index (χ3n) is 4.35. The number of hydrogen-bond donors (Lipinski definition) is 1. The van der Waals surface area contributed by atoms with Gasteiger partial charge in [-0.15, -0.1) is 0 Å². The average Bonchev–Trinajstić information content (AvgIpc) is 3.13. The summed E-state index contributed by atoms with van der Waals surface area (Å²) >= 11 is 0. The van der Waals surface area contributed by atoms with Gasteiger partial charge in [-0.1, -0.05) is 36.4 Å². The SMILES string of the molecule is COc1ccccc1CC(=O)Nc1cccc(-c2cn3ccccc3n2)c1. The maximum absolute atomic E-state index is 12.5. The number of benzene rings is 2. The van der Waals surface area contributed by atoms with Crippen LogP contribution < -0.4 is 10.1 Å². The minimum Gasteiger partial charge on any atom is -0.496 e. The molecule has 0 spiro atoms. The van der Waals surface area contributed by atoms with Gasteiger partial charge in [-0.2, -0.15) is 0 Å². The van der Waals surface area contributed by atoms with Gasteiger partial charge in [0.2, 0.25) is 5.91 Å². The van der Waals surface area contributed by atoms with Crippen LogP contribution in [0, 0.1) is 0 Å². The summed E-state index contributed by atoms with van der Waals surface area (Å²) in [4.78, 5) is 17.1. The van der Waals surface area contributed by atoms with Crippen molar-refractivity contribution >= 4 is 17.2 Å². The number of imidazole rings is 1. The molecular formula is C22H19N3O2. The number of aromatic nitrogens is 2. The summed E-state index contributed by atoms with van der Waals surface area (Å²) in [5, 5.41) is 2.96. The van der Waals surface area contributed by atoms with Crippen LogP contribution in [0.1, 0.15) is 5.56 Å². The number of amides is 1. The Kier molecular flexibility index (Phi) is 4.58. The van der Waals surface area contributed by atoms with Crippen LogP contribution in [0.25, 0.3) is 16.9 Å². The molecule has 134 valence electrons. The molecule has 0 atom stereocenters. The molecule has 0 aliphatic carbocycles. The number of carbonyl (C=O) groups excluding carboxylic acids is 1. The molecule has 0 saturated heterocycles. The zero-order valence-electron chi connectivity index (χ0n) is 14.9. The van der Waals surface area contributed by atoms with Crippen molar-refractivity contribution in [3.63, 3.8) is 0 Å². The number of nitrogens with zero attached hydrogens (tertiary/aromatic N) is 2. The van der Waals surface area contributed by atoms with Gasteiger partial charge < -0.3 is 14.5 Å². The maximum atomic E-state index is 12.5. The Bertz CT molecular complexity index is 1070. The van der Waals surface area contributed by atoms with Crippen LogP contribution in [0.2, 0.25) is 0 Å². The molecule has 5 nitrogen and oxygen atoms in total. The number of fused-ring (bicyclic) bond motifs is 1. The Morgan fingerprint density at radius 1 is 1.07 bits per heavy atom. The van der Waals surface area contributed by atoms with Crippen molar-refractivity contribution in [1.29, 1.82) is 0 Å². The topological polar surface area (TPSA) is 55.6 Å². The summed E-state index contributed by atoms with van der Waals surface area (Å²) in [5.74, 6) is 0.623. The lowest BCUT2D eigenvalue weighted by Crippen LogP contribution is -2.14. The van der Waals surface area contributed by atoms with Gasteiger partial charge in [0.1, 0.15) is 11.4 Å². The molecule has 0 aliphatic heterocycles. The van der Waals surface area contributed by atoms with Gasteiger partial charge in [0.25, 0.3) is 0 Å². The van der Waals surface area contributed by atoms with Crippen molar-refractivity contribution in [2.45, 2.75) is 6.42 Å². The summed E-state index contributed by atoms with van der Waals surface area (Å²) in [6.07, 6.45) is 4.19. The molecule has 0 unspecified atom stereocenters. The summed E-state index contributed by atoms with van der Waals surface area (Å²) in [5.41, 5.74) is 4.30. The molecule has 4 rings (SSSR count). The van der Waals surface area contributed by atoms with E-state index in [9.17, 15) is 4.79 Å². The van der Waals surface area contributed by atoms with Crippen LogP contribution in [0.3, 0.4) is 0 Å². The molecule has 0 aliphatic rings. The van der Waals surface area contributed by atoms with Crippen LogP contribution >= 0.6 is 0 Å². The molecule has 1 amide bonds. The van der Waals surface area contributed by atoms with E-state index in [1.807, 2.05) is 83.5 Å². The van der Waals surface area contributed by atoms with Gasteiger partial charge in [-0.25, -0.2) is 4.98 Å². The van der Waals surface area contributed by atoms with Crippen molar-refractivity contribution in [1.82, 2.24) is 9.38 Å². The van der Waals surface area contributed by atoms with Gasteiger partial charge in [0.05, 0.1) is 19.2 Å². The molecule has 5 heteroatoms. The summed E-state index contributed by atoms with van der Waals surface area (Å²) in [6.45, 7) is 0. The average molecular weight is 357 g/mol. The molecule has 1 N–H and O–H groups in total. The van der Waals surface area contributed by atoms with Crippen molar-refractivity contribution < 1.29 is 9.53 Å². The van der Waals surface area contributed by atoms with E-state index in [1.165, 1.54) is 0 Å². The molecule has 0 radical (unpaired) electrons. The van der Waals surface area contributed by atoms with Gasteiger partial charge >= 0.3 is 0 Å². The Hall–Kier alpha value is -3.60. The zero-order chi connectivity index (χ0) is 18.6. The van der Waals surface area contributed by atoms with E-state index >= 15 is 0 Å². The Morgan fingerprint density at radius 2 is 1.93 bits per heavy atom. The van der Waals surface area contributed by atoms with Crippen LogP contribution in [-0.4, -0.2) is 22.4 Å². The van der Waals surface area contributed by atoms with Gasteiger partial charge in [-0.3, -0.25) is 4.79 Å². The van der Waals surface area contributed by atoms with E-state index in [2.05, 4.69) is 10.3 Å². The monoisotopic (exact) mass is 357 g/mol. The second kappa shape index (κ2) is 7.33. The zero-order valence-corrected chi connectivity index (χ0v) is 14.9. The van der Waals surface area contributed by atoms with E-state index in [0.29, 0.717) is 5.75 Å². The summed E-state index contributed by atoms with van der Waals surface area (Å²) < 4.78 is 7.29. The molecule has 27 heavy (non-hydrogen) atoms. The summed E-state index contributed by atoms with van der Waals surface area (Å²) in [6, 6.07) is 21.1. The number of anilines is 1. The largest absolute Gasteiger partial charge is 0.496 e. The highest BCUT2D eigenvalue weighted by molar-refractivity contribution is 5.93. The molecule has 2 aromatic heterocycles. The highest BCUT2D eigenvalue weighted by Crippen LogP contribution is 2.23. The quantitative estimate of drug-likeness (QED) is 0.583. The second-order valence-corrected chi connectivity index (χ2v) is 6.21. The standard InChI is InChI=1S/C22H19N3O2/c1-27-20-10-3-2-7-17(20)14-22(26)23-18-9-6-8-16(13-18)19-15-25-12-5-4-11-21(25)24-19/h2-13,15H,14H2,1H3,(H,23,26). The number of pyridine rings is 1. The van der Waals surface area contributed by atoms with Crippen molar-refractivity contribution in [3.8, 4) is 17.0 Å². The van der Waals surface area contributed by atoms with Crippen LogP contribution in [0.15, 0.2) is 79.1 Å². The first-order chi connectivity index (χ1) is 13.2. The minimum atomic E-state index is -0.0911. The molecule has 0 fully saturated rings. The van der Waals surface area contributed by atoms with E-state index in [-0.39, 0.29) is 12.3 Å². The van der Waals surface area contributed by atoms with Crippen LogP contribution in [-0.2, 0) is 11.2 Å². The van der Waals surface area contributed by atoms with Crippen molar-refractivity contribution in [2.75, 3.05) is 12.4 Å². The van der Waals surface area contributed by atoms with Crippen LogP contribution in [0.4, 0.5) is 5.69 Å². The van der Waals surface area contributed by atoms with E-state index < -0.39 is 0 Å². The molecule has 2 heterocycles. The number of para-hydroxylation sites is 1. The minimum absolute atomic E-state index is 0.0911. The fourth-order valence-corrected chi connectivity index (χ4v) is 3.06. The van der Waals surface area contributed by atoms with Crippen molar-refractivity contribution in [3.05, 3.63) is 84.7 Å². The molecule has 0 bridgehead atoms. The predicted octanol–water partition coefficient (Wildman–Crippen LogP) is 4.19. The normalized spacial score (nSPS) is 10.7. The molecular weight excluding hydrogens is 338 g/mol. The van der Waals surface area contributed by atoms with E-state index in [4.69, 9.17) is 4.74 Å². The predicted molar refractivity (Wildman–Crippen MR) is 106 cm³/mol. The number of ether oxygens (including phenoxy) is 1. The lowest BCUT2D eigenvalue weighted by atomic mass is 10.1. The lowest BCUT2D eigenvalue weighted by molar-refractivity contribution is -0.115. The smallest absolute Gasteiger partial charge is 0.228 e. The molecule has 4 aromatic rings. The Labute approximate surface area is 157 Å². The van der Waals surface area contributed by atoms with E-state index in [0.717, 1.165) is 28.2 Å². The van der Waals surface area contributed by atoms with Gasteiger partial charge in [0, 0.05) is 29.2 Å². The fourth-order valence-electron chi connectivity index (χ4n) is 3.06. The van der Waals surface area contributed by atoms with Gasteiger partial charge in [-0.05, 0) is 30.3 Å². The number of rotatable bonds is 5. The summed E-state index contributed by atoms with van der Waals surface area (Å²) in [7, 11) is 1.61. The highest BCUT2D eigenvalue weighted by Gasteiger charge is 2.10. The number of carbonyl (C=O) groups is 1. The Balaban J connectivity index is 1.53. The fraction of sp³-hybridized carbons (Fsp3) is 0.0909. The number of hydrogen-bond acceptors (Lipinski definition) is 3. The van der Waals surface area contributed by atoms with Gasteiger partial charge in [0.15, 0.2) is 0 Å². The number of nitrogens with one attached hydrogen (secondary N) is 1. The number of methoxy groups -OCH3 is 1. The van der Waals surface area contributed by atoms with E-state index in [1.54, 1.807) is 7.11 Å². The Morgan fingerprint density at radius 3 is 2.78 bits per heavy atom. The van der Waals surface area contributed by atoms with Crippen LogP contribution in [0.5, 0.6) is 5.75 Å². The third kappa shape index (κ3) is 3.67. The first-order valence-electron chi connectivity index (χ1n) is 8.69. The molecule has 2 aromatic carbocycles.